The third-order valence-electron chi connectivity index (χ3n) is 3.65. The first-order chi connectivity index (χ1) is 11.1. The number of hydrogen-bond donors (Lipinski definition) is 0. The molecule has 1 heterocycles. The molecule has 4 nitrogen and oxygen atoms in total. The number of carbonyl (C=O) groups excluding carboxylic acids is 1. The molecule has 0 atom stereocenters. The SMILES string of the molecule is Cc1ccc(C(=O)CSc2ncn(-c3ccccc3)n2)cc1C. The Morgan fingerprint density at radius 3 is 2.61 bits per heavy atom. The fourth-order valence-electron chi connectivity index (χ4n) is 2.15. The molecule has 0 unspecified atom stereocenters. The van der Waals surface area contributed by atoms with Gasteiger partial charge in [-0.1, -0.05) is 42.1 Å². The van der Waals surface area contributed by atoms with E-state index in [1.165, 1.54) is 17.3 Å². The number of Topliss-reactive ketones (excluding diaryl/α,β-unsaturated/α-hetero) is 1. The molecule has 3 rings (SSSR count). The van der Waals surface area contributed by atoms with E-state index >= 15 is 0 Å². The van der Waals surface area contributed by atoms with E-state index in [9.17, 15) is 4.79 Å². The molecule has 1 aromatic heterocycles. The monoisotopic (exact) mass is 323 g/mol. The summed E-state index contributed by atoms with van der Waals surface area (Å²) < 4.78 is 1.71. The largest absolute Gasteiger partial charge is 0.293 e. The van der Waals surface area contributed by atoms with Crippen molar-refractivity contribution in [2.75, 3.05) is 5.75 Å². The van der Waals surface area contributed by atoms with Gasteiger partial charge in [0.2, 0.25) is 5.16 Å². The molecule has 0 N–H and O–H groups in total. The molecular formula is C18H17N3OS. The summed E-state index contributed by atoms with van der Waals surface area (Å²) in [6.45, 7) is 4.06. The molecular weight excluding hydrogens is 306 g/mol. The van der Waals surface area contributed by atoms with Crippen LogP contribution in [0.3, 0.4) is 0 Å². The van der Waals surface area contributed by atoms with E-state index < -0.39 is 0 Å². The van der Waals surface area contributed by atoms with E-state index in [1.807, 2.05) is 62.4 Å². The van der Waals surface area contributed by atoms with Crippen LogP contribution in [-0.4, -0.2) is 26.3 Å². The van der Waals surface area contributed by atoms with E-state index in [1.54, 1.807) is 11.0 Å². The Labute approximate surface area is 139 Å². The van der Waals surface area contributed by atoms with Crippen LogP contribution >= 0.6 is 11.8 Å². The average Bonchev–Trinajstić information content (AvgIpc) is 3.05. The number of thioether (sulfide) groups is 1. The maximum Gasteiger partial charge on any atom is 0.209 e. The van der Waals surface area contributed by atoms with Crippen molar-refractivity contribution in [1.82, 2.24) is 14.8 Å². The quantitative estimate of drug-likeness (QED) is 0.528. The lowest BCUT2D eigenvalue weighted by Gasteiger charge is -2.03. The van der Waals surface area contributed by atoms with E-state index in [0.717, 1.165) is 16.8 Å². The van der Waals surface area contributed by atoms with Crippen LogP contribution in [0.2, 0.25) is 0 Å². The minimum atomic E-state index is 0.0918. The van der Waals surface area contributed by atoms with Crippen molar-refractivity contribution in [2.45, 2.75) is 19.0 Å². The number of rotatable bonds is 5. The number of aryl methyl sites for hydroxylation is 2. The first kappa shape index (κ1) is 15.5. The molecule has 0 aliphatic rings. The summed E-state index contributed by atoms with van der Waals surface area (Å²) >= 11 is 1.36. The third kappa shape index (κ3) is 3.68. The average molecular weight is 323 g/mol. The summed E-state index contributed by atoms with van der Waals surface area (Å²) in [4.78, 5) is 16.5. The molecule has 5 heteroatoms. The number of aromatic nitrogens is 3. The number of benzene rings is 2. The second-order valence-corrected chi connectivity index (χ2v) is 6.26. The topological polar surface area (TPSA) is 47.8 Å². The van der Waals surface area contributed by atoms with Crippen LogP contribution in [-0.2, 0) is 0 Å². The Bertz CT molecular complexity index is 827. The highest BCUT2D eigenvalue weighted by atomic mass is 32.2. The van der Waals surface area contributed by atoms with Crippen LogP contribution in [0.5, 0.6) is 0 Å². The highest BCUT2D eigenvalue weighted by Crippen LogP contribution is 2.17. The molecule has 0 radical (unpaired) electrons. The van der Waals surface area contributed by atoms with Crippen molar-refractivity contribution in [2.24, 2.45) is 0 Å². The van der Waals surface area contributed by atoms with E-state index in [4.69, 9.17) is 0 Å². The van der Waals surface area contributed by atoms with Crippen molar-refractivity contribution in [3.63, 3.8) is 0 Å². The molecule has 0 bridgehead atoms. The Balaban J connectivity index is 1.65. The van der Waals surface area contributed by atoms with Crippen LogP contribution < -0.4 is 0 Å². The molecule has 116 valence electrons. The summed E-state index contributed by atoms with van der Waals surface area (Å²) in [5.74, 6) is 0.426. The zero-order valence-electron chi connectivity index (χ0n) is 13.1. The van der Waals surface area contributed by atoms with Crippen LogP contribution in [0.25, 0.3) is 5.69 Å². The highest BCUT2D eigenvalue weighted by molar-refractivity contribution is 7.99. The number of nitrogens with zero attached hydrogens (tertiary/aromatic N) is 3. The Morgan fingerprint density at radius 1 is 1.09 bits per heavy atom. The fourth-order valence-corrected chi connectivity index (χ4v) is 2.84. The predicted molar refractivity (Wildman–Crippen MR) is 92.3 cm³/mol. The molecule has 0 fully saturated rings. The maximum atomic E-state index is 12.3. The van der Waals surface area contributed by atoms with Crippen LogP contribution in [0.4, 0.5) is 0 Å². The molecule has 2 aromatic carbocycles. The standard InChI is InChI=1S/C18H17N3OS/c1-13-8-9-15(10-14(13)2)17(22)11-23-18-19-12-21(20-18)16-6-4-3-5-7-16/h3-10,12H,11H2,1-2H3. The molecule has 23 heavy (non-hydrogen) atoms. The van der Waals surface area contributed by atoms with Crippen molar-refractivity contribution >= 4 is 17.5 Å². The minimum Gasteiger partial charge on any atom is -0.293 e. The van der Waals surface area contributed by atoms with Gasteiger partial charge in [0.25, 0.3) is 0 Å². The summed E-state index contributed by atoms with van der Waals surface area (Å²) in [5.41, 5.74) is 4.01. The summed E-state index contributed by atoms with van der Waals surface area (Å²) in [7, 11) is 0. The maximum absolute atomic E-state index is 12.3. The molecule has 0 saturated heterocycles. The van der Waals surface area contributed by atoms with Crippen LogP contribution in [0, 0.1) is 13.8 Å². The van der Waals surface area contributed by atoms with Crippen molar-refractivity contribution in [1.29, 1.82) is 0 Å². The molecule has 0 saturated carbocycles. The van der Waals surface area contributed by atoms with E-state index in [-0.39, 0.29) is 5.78 Å². The Kier molecular flexibility index (Phi) is 4.57. The predicted octanol–water partition coefficient (Wildman–Crippen LogP) is 3.86. The number of carbonyl (C=O) groups is 1. The van der Waals surface area contributed by atoms with Gasteiger partial charge in [0.1, 0.15) is 6.33 Å². The van der Waals surface area contributed by atoms with Gasteiger partial charge in [-0.05, 0) is 43.2 Å². The van der Waals surface area contributed by atoms with Gasteiger partial charge in [-0.2, -0.15) is 0 Å². The zero-order valence-corrected chi connectivity index (χ0v) is 13.9. The van der Waals surface area contributed by atoms with Gasteiger partial charge >= 0.3 is 0 Å². The van der Waals surface area contributed by atoms with E-state index in [0.29, 0.717) is 10.9 Å². The Hall–Kier alpha value is -2.40. The summed E-state index contributed by atoms with van der Waals surface area (Å²) in [6.07, 6.45) is 1.66. The van der Waals surface area contributed by atoms with Crippen molar-refractivity contribution < 1.29 is 4.79 Å². The smallest absolute Gasteiger partial charge is 0.209 e. The lowest BCUT2D eigenvalue weighted by molar-refractivity contribution is 0.102. The van der Waals surface area contributed by atoms with Gasteiger partial charge in [-0.3, -0.25) is 4.79 Å². The van der Waals surface area contributed by atoms with Crippen LogP contribution in [0.15, 0.2) is 60.0 Å². The van der Waals surface area contributed by atoms with Gasteiger partial charge in [0.05, 0.1) is 11.4 Å². The molecule has 0 aliphatic heterocycles. The molecule has 0 aliphatic carbocycles. The van der Waals surface area contributed by atoms with Gasteiger partial charge in [-0.25, -0.2) is 9.67 Å². The van der Waals surface area contributed by atoms with Gasteiger partial charge < -0.3 is 0 Å². The first-order valence-electron chi connectivity index (χ1n) is 7.34. The number of hydrogen-bond acceptors (Lipinski definition) is 4. The first-order valence-corrected chi connectivity index (χ1v) is 8.32. The number of para-hydroxylation sites is 1. The molecule has 3 aromatic rings. The van der Waals surface area contributed by atoms with E-state index in [2.05, 4.69) is 10.1 Å². The van der Waals surface area contributed by atoms with Crippen LogP contribution in [0.1, 0.15) is 21.5 Å². The zero-order chi connectivity index (χ0) is 16.2. The normalized spacial score (nSPS) is 10.7. The van der Waals surface area contributed by atoms with Crippen molar-refractivity contribution in [3.8, 4) is 5.69 Å². The lowest BCUT2D eigenvalue weighted by atomic mass is 10.0. The van der Waals surface area contributed by atoms with Gasteiger partial charge in [0, 0.05) is 5.56 Å². The Morgan fingerprint density at radius 2 is 1.87 bits per heavy atom. The molecule has 0 spiro atoms. The fraction of sp³-hybridized carbons (Fsp3) is 0.167. The highest BCUT2D eigenvalue weighted by Gasteiger charge is 2.10. The summed E-state index contributed by atoms with van der Waals surface area (Å²) in [5, 5.41) is 5.00. The second-order valence-electron chi connectivity index (χ2n) is 5.32. The molecule has 0 amide bonds. The second kappa shape index (κ2) is 6.79. The third-order valence-corrected chi connectivity index (χ3v) is 4.50. The van der Waals surface area contributed by atoms with Gasteiger partial charge in [0.15, 0.2) is 5.78 Å². The lowest BCUT2D eigenvalue weighted by Crippen LogP contribution is -2.03. The number of ketones is 1. The van der Waals surface area contributed by atoms with Crippen molar-refractivity contribution in [3.05, 3.63) is 71.5 Å². The summed E-state index contributed by atoms with van der Waals surface area (Å²) in [6, 6.07) is 15.6. The van der Waals surface area contributed by atoms with Gasteiger partial charge in [-0.15, -0.1) is 5.10 Å². The minimum absolute atomic E-state index is 0.0918.